The lowest BCUT2D eigenvalue weighted by atomic mass is 10.2. The fraction of sp³-hybridized carbons (Fsp3) is 1.00. The van der Waals surface area contributed by atoms with Crippen molar-refractivity contribution < 1.29 is 0 Å². The van der Waals surface area contributed by atoms with E-state index in [9.17, 15) is 0 Å². The van der Waals surface area contributed by atoms with Gasteiger partial charge in [0.25, 0.3) is 0 Å². The van der Waals surface area contributed by atoms with Crippen LogP contribution in [-0.2, 0) is 0 Å². The lowest BCUT2D eigenvalue weighted by molar-refractivity contribution is 0.145. The zero-order chi connectivity index (χ0) is 15.9. The summed E-state index contributed by atoms with van der Waals surface area (Å²) in [6.45, 7) is 10.6. The smallest absolute Gasteiger partial charge is 0.0194 e. The Morgan fingerprint density at radius 2 is 1.05 bits per heavy atom. The minimum Gasteiger partial charge on any atom is -0.330 e. The molecule has 1 unspecified atom stereocenters. The Hall–Kier alpha value is -0.240. The molecule has 0 aliphatic rings. The molecule has 0 rings (SSSR count). The van der Waals surface area contributed by atoms with E-state index in [-0.39, 0.29) is 0 Å². The first-order valence-corrected chi connectivity index (χ1v) is 8.46. The van der Waals surface area contributed by atoms with Crippen molar-refractivity contribution in [3.8, 4) is 0 Å². The average molecular weight is 303 g/mol. The Balaban J connectivity index is 4.36. The SMILES string of the molecule is CC(CN(CCCN)CCCN)N(CCCN)CCCN. The molecule has 0 spiro atoms. The molecule has 1 atom stereocenters. The third kappa shape index (κ3) is 11.0. The Labute approximate surface area is 131 Å². The van der Waals surface area contributed by atoms with Gasteiger partial charge in [0.15, 0.2) is 0 Å². The van der Waals surface area contributed by atoms with Crippen LogP contribution >= 0.6 is 0 Å². The third-order valence-electron chi connectivity index (χ3n) is 3.80. The molecule has 0 aromatic heterocycles. The molecule has 6 nitrogen and oxygen atoms in total. The summed E-state index contributed by atoms with van der Waals surface area (Å²) in [5, 5.41) is 0. The van der Waals surface area contributed by atoms with E-state index in [4.69, 9.17) is 22.9 Å². The predicted octanol–water partition coefficient (Wildman–Crippen LogP) is -0.626. The van der Waals surface area contributed by atoms with Crippen LogP contribution in [0.5, 0.6) is 0 Å². The van der Waals surface area contributed by atoms with Gasteiger partial charge in [-0.15, -0.1) is 0 Å². The molecule has 0 amide bonds. The maximum atomic E-state index is 5.65. The van der Waals surface area contributed by atoms with Gasteiger partial charge in [0.2, 0.25) is 0 Å². The van der Waals surface area contributed by atoms with E-state index >= 15 is 0 Å². The normalized spacial score (nSPS) is 13.3. The lowest BCUT2D eigenvalue weighted by Crippen LogP contribution is -2.45. The standard InChI is InChI=1S/C15H38N6/c1-15(21(12-4-8-18)13-5-9-19)14-20(10-2-6-16)11-3-7-17/h15H,2-14,16-19H2,1H3. The second-order valence-corrected chi connectivity index (χ2v) is 5.75. The molecule has 0 bridgehead atoms. The minimum atomic E-state index is 0.513. The summed E-state index contributed by atoms with van der Waals surface area (Å²) in [6, 6.07) is 0.513. The summed E-state index contributed by atoms with van der Waals surface area (Å²) in [6.07, 6.45) is 4.17. The maximum Gasteiger partial charge on any atom is 0.0194 e. The molecular weight excluding hydrogens is 264 g/mol. The highest BCUT2D eigenvalue weighted by atomic mass is 15.2. The van der Waals surface area contributed by atoms with E-state index in [1.165, 1.54) is 0 Å². The van der Waals surface area contributed by atoms with Crippen LogP contribution in [0.15, 0.2) is 0 Å². The van der Waals surface area contributed by atoms with E-state index in [1.54, 1.807) is 0 Å². The Bertz CT molecular complexity index is 198. The molecule has 0 radical (unpaired) electrons. The fourth-order valence-electron chi connectivity index (χ4n) is 2.55. The number of nitrogens with two attached hydrogens (primary N) is 4. The van der Waals surface area contributed by atoms with Gasteiger partial charge in [-0.25, -0.2) is 0 Å². The Morgan fingerprint density at radius 3 is 1.43 bits per heavy atom. The van der Waals surface area contributed by atoms with Crippen LogP contribution in [-0.4, -0.2) is 74.7 Å². The third-order valence-corrected chi connectivity index (χ3v) is 3.80. The molecule has 21 heavy (non-hydrogen) atoms. The van der Waals surface area contributed by atoms with E-state index in [0.717, 1.165) is 84.6 Å². The van der Waals surface area contributed by atoms with Crippen LogP contribution in [0.3, 0.4) is 0 Å². The van der Waals surface area contributed by atoms with Gasteiger partial charge in [-0.2, -0.15) is 0 Å². The molecule has 0 saturated carbocycles. The van der Waals surface area contributed by atoms with Gasteiger partial charge in [0.05, 0.1) is 0 Å². The van der Waals surface area contributed by atoms with Crippen molar-refractivity contribution in [3.05, 3.63) is 0 Å². The summed E-state index contributed by atoms with van der Waals surface area (Å²) in [5.41, 5.74) is 22.6. The van der Waals surface area contributed by atoms with Crippen molar-refractivity contribution in [1.82, 2.24) is 9.80 Å². The van der Waals surface area contributed by atoms with E-state index in [1.807, 2.05) is 0 Å². The fourth-order valence-corrected chi connectivity index (χ4v) is 2.55. The van der Waals surface area contributed by atoms with Crippen molar-refractivity contribution >= 4 is 0 Å². The van der Waals surface area contributed by atoms with Gasteiger partial charge in [-0.3, -0.25) is 4.90 Å². The Kier molecular flexibility index (Phi) is 14.5. The summed E-state index contributed by atoms with van der Waals surface area (Å²) < 4.78 is 0. The zero-order valence-corrected chi connectivity index (χ0v) is 14.0. The maximum absolute atomic E-state index is 5.65. The summed E-state index contributed by atoms with van der Waals surface area (Å²) >= 11 is 0. The number of hydrogen-bond acceptors (Lipinski definition) is 6. The van der Waals surface area contributed by atoms with Gasteiger partial charge in [-0.1, -0.05) is 0 Å². The van der Waals surface area contributed by atoms with Gasteiger partial charge in [-0.05, 0) is 85.0 Å². The van der Waals surface area contributed by atoms with Crippen molar-refractivity contribution in [2.75, 3.05) is 58.9 Å². The highest BCUT2D eigenvalue weighted by Gasteiger charge is 2.16. The second-order valence-electron chi connectivity index (χ2n) is 5.75. The van der Waals surface area contributed by atoms with Crippen LogP contribution in [0.4, 0.5) is 0 Å². The van der Waals surface area contributed by atoms with E-state index in [0.29, 0.717) is 6.04 Å². The molecule has 0 aromatic rings. The molecular formula is C15H38N6. The summed E-state index contributed by atoms with van der Waals surface area (Å²) in [5.74, 6) is 0. The van der Waals surface area contributed by atoms with Crippen molar-refractivity contribution in [3.63, 3.8) is 0 Å². The van der Waals surface area contributed by atoms with E-state index < -0.39 is 0 Å². The molecule has 0 heterocycles. The van der Waals surface area contributed by atoms with Crippen LogP contribution in [0, 0.1) is 0 Å². The highest BCUT2D eigenvalue weighted by molar-refractivity contribution is 4.73. The molecule has 0 aromatic carbocycles. The monoisotopic (exact) mass is 302 g/mol. The van der Waals surface area contributed by atoms with Gasteiger partial charge >= 0.3 is 0 Å². The number of hydrogen-bond donors (Lipinski definition) is 4. The highest BCUT2D eigenvalue weighted by Crippen LogP contribution is 2.06. The van der Waals surface area contributed by atoms with Crippen LogP contribution < -0.4 is 22.9 Å². The summed E-state index contributed by atoms with van der Waals surface area (Å²) in [7, 11) is 0. The van der Waals surface area contributed by atoms with Crippen LogP contribution in [0.1, 0.15) is 32.6 Å². The van der Waals surface area contributed by atoms with Crippen molar-refractivity contribution in [2.45, 2.75) is 38.6 Å². The first-order valence-electron chi connectivity index (χ1n) is 8.46. The molecule has 0 aliphatic carbocycles. The molecule has 0 fully saturated rings. The summed E-state index contributed by atoms with van der Waals surface area (Å²) in [4.78, 5) is 5.00. The molecule has 0 saturated heterocycles. The largest absolute Gasteiger partial charge is 0.330 e. The topological polar surface area (TPSA) is 111 Å². The van der Waals surface area contributed by atoms with E-state index in [2.05, 4.69) is 16.7 Å². The molecule has 6 heteroatoms. The van der Waals surface area contributed by atoms with Crippen LogP contribution in [0.25, 0.3) is 0 Å². The molecule has 0 aliphatic heterocycles. The minimum absolute atomic E-state index is 0.513. The predicted molar refractivity (Wildman–Crippen MR) is 92.2 cm³/mol. The van der Waals surface area contributed by atoms with Crippen LogP contribution in [0.2, 0.25) is 0 Å². The zero-order valence-electron chi connectivity index (χ0n) is 14.0. The van der Waals surface area contributed by atoms with Gasteiger partial charge in [0.1, 0.15) is 0 Å². The quantitative estimate of drug-likeness (QED) is 0.321. The first kappa shape index (κ1) is 20.8. The Morgan fingerprint density at radius 1 is 0.667 bits per heavy atom. The molecule has 8 N–H and O–H groups in total. The number of rotatable bonds is 15. The molecule has 128 valence electrons. The number of nitrogens with zero attached hydrogens (tertiary/aromatic N) is 2. The second kappa shape index (κ2) is 14.7. The first-order chi connectivity index (χ1) is 10.2. The van der Waals surface area contributed by atoms with Gasteiger partial charge < -0.3 is 27.8 Å². The average Bonchev–Trinajstić information content (AvgIpc) is 2.49. The van der Waals surface area contributed by atoms with Crippen molar-refractivity contribution in [1.29, 1.82) is 0 Å². The van der Waals surface area contributed by atoms with Gasteiger partial charge in [0, 0.05) is 12.6 Å². The van der Waals surface area contributed by atoms with Crippen molar-refractivity contribution in [2.24, 2.45) is 22.9 Å². The lowest BCUT2D eigenvalue weighted by Gasteiger charge is -2.33.